The molecule has 0 bridgehead atoms. The minimum atomic E-state index is -4.27. The van der Waals surface area contributed by atoms with Gasteiger partial charge >= 0.3 is 6.18 Å². The molecule has 0 aliphatic rings. The topological polar surface area (TPSA) is 34.1 Å². The maximum absolute atomic E-state index is 11.8. The van der Waals surface area contributed by atoms with Gasteiger partial charge in [0.15, 0.2) is 0 Å². The Balaban J connectivity index is 1.80. The second kappa shape index (κ2) is 5.53. The lowest BCUT2D eigenvalue weighted by atomic mass is 10.2. The fraction of sp³-hybridized carbons (Fsp3) is 0.364. The van der Waals surface area contributed by atoms with Gasteiger partial charge in [-0.2, -0.15) is 17.5 Å². The molecule has 1 aromatic carbocycles. The van der Waals surface area contributed by atoms with E-state index in [9.17, 15) is 13.2 Å². The first kappa shape index (κ1) is 13.1. The van der Waals surface area contributed by atoms with Crippen molar-refractivity contribution in [2.45, 2.75) is 6.18 Å². The molecule has 0 saturated heterocycles. The second-order valence-electron chi connectivity index (χ2n) is 3.62. The predicted octanol–water partition coefficient (Wildman–Crippen LogP) is 3.29. The van der Waals surface area contributed by atoms with Gasteiger partial charge in [0, 0.05) is 11.9 Å². The Bertz CT molecular complexity index is 512. The fourth-order valence-electron chi connectivity index (χ4n) is 1.44. The number of alkyl halides is 3. The van der Waals surface area contributed by atoms with Gasteiger partial charge in [-0.05, 0) is 23.7 Å². The summed E-state index contributed by atoms with van der Waals surface area (Å²) in [7, 11) is 0. The van der Waals surface area contributed by atoms with E-state index in [0.717, 1.165) is 15.9 Å². The van der Waals surface area contributed by atoms with Crippen molar-refractivity contribution < 1.29 is 17.9 Å². The highest BCUT2D eigenvalue weighted by molar-refractivity contribution is 7.11. The van der Waals surface area contributed by atoms with Crippen LogP contribution in [0.3, 0.4) is 0 Å². The van der Waals surface area contributed by atoms with Crippen LogP contribution < -0.4 is 5.32 Å². The summed E-state index contributed by atoms with van der Waals surface area (Å²) in [6.45, 7) is -0.883. The summed E-state index contributed by atoms with van der Waals surface area (Å²) in [5, 5.41) is 4.84. The Morgan fingerprint density at radius 3 is 2.83 bits per heavy atom. The molecule has 2 aromatic rings. The molecule has 0 radical (unpaired) electrons. The smallest absolute Gasteiger partial charge is 0.373 e. The molecule has 2 rings (SSSR count). The molecule has 3 nitrogen and oxygen atoms in total. The first-order chi connectivity index (χ1) is 8.56. The SMILES string of the molecule is FC(F)(F)COCCNc1snc2ccccc12. The number of rotatable bonds is 5. The Kier molecular flexibility index (Phi) is 4.03. The quantitative estimate of drug-likeness (QED) is 0.851. The summed E-state index contributed by atoms with van der Waals surface area (Å²) in [5.74, 6) is 0. The minimum absolute atomic E-state index is 0.00569. The van der Waals surface area contributed by atoms with Crippen LogP contribution in [0.4, 0.5) is 18.2 Å². The number of nitrogens with one attached hydrogen (secondary N) is 1. The van der Waals surface area contributed by atoms with Crippen LogP contribution in [0.5, 0.6) is 0 Å². The summed E-state index contributed by atoms with van der Waals surface area (Å²) in [6.07, 6.45) is -4.27. The molecule has 1 N–H and O–H groups in total. The third-order valence-electron chi connectivity index (χ3n) is 2.18. The van der Waals surface area contributed by atoms with Crippen molar-refractivity contribution in [2.75, 3.05) is 25.1 Å². The number of hydrogen-bond donors (Lipinski definition) is 1. The third kappa shape index (κ3) is 3.58. The largest absolute Gasteiger partial charge is 0.411 e. The number of ether oxygens (including phenoxy) is 1. The van der Waals surface area contributed by atoms with Gasteiger partial charge in [-0.25, -0.2) is 0 Å². The first-order valence-electron chi connectivity index (χ1n) is 5.29. The molecule has 18 heavy (non-hydrogen) atoms. The van der Waals surface area contributed by atoms with Crippen molar-refractivity contribution in [3.8, 4) is 0 Å². The van der Waals surface area contributed by atoms with Gasteiger partial charge in [-0.15, -0.1) is 0 Å². The summed E-state index contributed by atoms with van der Waals surface area (Å²) in [4.78, 5) is 0. The number of aromatic nitrogens is 1. The lowest BCUT2D eigenvalue weighted by Crippen LogP contribution is -2.19. The Morgan fingerprint density at radius 1 is 1.28 bits per heavy atom. The maximum atomic E-state index is 11.8. The van der Waals surface area contributed by atoms with Crippen molar-refractivity contribution in [3.05, 3.63) is 24.3 Å². The van der Waals surface area contributed by atoms with E-state index < -0.39 is 12.8 Å². The number of hydrogen-bond acceptors (Lipinski definition) is 4. The van der Waals surface area contributed by atoms with E-state index in [0.29, 0.717) is 6.54 Å². The van der Waals surface area contributed by atoms with Gasteiger partial charge in [0.1, 0.15) is 11.6 Å². The fourth-order valence-corrected chi connectivity index (χ4v) is 2.23. The molecule has 0 amide bonds. The zero-order valence-electron chi connectivity index (χ0n) is 9.33. The average molecular weight is 276 g/mol. The normalized spacial score (nSPS) is 11.9. The van der Waals surface area contributed by atoms with Crippen LogP contribution in [-0.2, 0) is 4.74 Å². The lowest BCUT2D eigenvalue weighted by molar-refractivity contribution is -0.172. The van der Waals surface area contributed by atoms with Gasteiger partial charge in [-0.3, -0.25) is 0 Å². The van der Waals surface area contributed by atoms with E-state index >= 15 is 0 Å². The number of halogens is 3. The van der Waals surface area contributed by atoms with Crippen molar-refractivity contribution in [1.82, 2.24) is 4.37 Å². The maximum Gasteiger partial charge on any atom is 0.411 e. The molecule has 0 aliphatic carbocycles. The van der Waals surface area contributed by atoms with Crippen LogP contribution >= 0.6 is 11.5 Å². The van der Waals surface area contributed by atoms with Gasteiger partial charge < -0.3 is 10.1 Å². The highest BCUT2D eigenvalue weighted by Gasteiger charge is 2.27. The molecular formula is C11H11F3N2OS. The predicted molar refractivity (Wildman–Crippen MR) is 65.0 cm³/mol. The number of fused-ring (bicyclic) bond motifs is 1. The molecule has 0 atom stereocenters. The Hall–Kier alpha value is -1.34. The lowest BCUT2D eigenvalue weighted by Gasteiger charge is -2.08. The molecule has 7 heteroatoms. The zero-order chi connectivity index (χ0) is 13.0. The van der Waals surface area contributed by atoms with E-state index in [2.05, 4.69) is 14.4 Å². The third-order valence-corrected chi connectivity index (χ3v) is 3.02. The average Bonchev–Trinajstić information content (AvgIpc) is 2.71. The number of anilines is 1. The van der Waals surface area contributed by atoms with Gasteiger partial charge in [0.25, 0.3) is 0 Å². The molecule has 1 aromatic heterocycles. The van der Waals surface area contributed by atoms with Crippen LogP contribution in [-0.4, -0.2) is 30.3 Å². The number of benzene rings is 1. The van der Waals surface area contributed by atoms with Gasteiger partial charge in [-0.1, -0.05) is 12.1 Å². The first-order valence-corrected chi connectivity index (χ1v) is 6.06. The van der Waals surface area contributed by atoms with Crippen LogP contribution in [0.15, 0.2) is 24.3 Å². The number of nitrogens with zero attached hydrogens (tertiary/aromatic N) is 1. The van der Waals surface area contributed by atoms with Crippen LogP contribution in [0, 0.1) is 0 Å². The summed E-state index contributed by atoms with van der Waals surface area (Å²) in [6, 6.07) is 7.58. The molecule has 0 aliphatic heterocycles. The molecule has 0 unspecified atom stereocenters. The molecule has 1 heterocycles. The van der Waals surface area contributed by atoms with Crippen molar-refractivity contribution in [2.24, 2.45) is 0 Å². The summed E-state index contributed by atoms with van der Waals surface area (Å²) in [5.41, 5.74) is 0.876. The van der Waals surface area contributed by atoms with Crippen molar-refractivity contribution in [1.29, 1.82) is 0 Å². The standard InChI is InChI=1S/C11H11F3N2OS/c12-11(13,14)7-17-6-5-15-10-8-3-1-2-4-9(8)16-18-10/h1-4,15H,5-7H2. The molecular weight excluding hydrogens is 265 g/mol. The van der Waals surface area contributed by atoms with Gasteiger partial charge in [0.05, 0.1) is 12.1 Å². The van der Waals surface area contributed by atoms with Gasteiger partial charge in [0.2, 0.25) is 0 Å². The molecule has 98 valence electrons. The molecule has 0 fully saturated rings. The van der Waals surface area contributed by atoms with Crippen LogP contribution in [0.1, 0.15) is 0 Å². The van der Waals surface area contributed by atoms with E-state index in [1.807, 2.05) is 24.3 Å². The molecule has 0 spiro atoms. The Morgan fingerprint density at radius 2 is 2.06 bits per heavy atom. The highest BCUT2D eigenvalue weighted by Crippen LogP contribution is 2.26. The second-order valence-corrected chi connectivity index (χ2v) is 4.40. The zero-order valence-corrected chi connectivity index (χ0v) is 10.1. The monoisotopic (exact) mass is 276 g/mol. The molecule has 0 saturated carbocycles. The van der Waals surface area contributed by atoms with E-state index in [1.165, 1.54) is 11.5 Å². The van der Waals surface area contributed by atoms with E-state index in [1.54, 1.807) is 0 Å². The summed E-state index contributed by atoms with van der Waals surface area (Å²) < 4.78 is 44.2. The van der Waals surface area contributed by atoms with E-state index in [4.69, 9.17) is 0 Å². The van der Waals surface area contributed by atoms with E-state index in [-0.39, 0.29) is 6.61 Å². The highest BCUT2D eigenvalue weighted by atomic mass is 32.1. The van der Waals surface area contributed by atoms with Crippen molar-refractivity contribution in [3.63, 3.8) is 0 Å². The van der Waals surface area contributed by atoms with Crippen molar-refractivity contribution >= 4 is 27.4 Å². The van der Waals surface area contributed by atoms with Crippen LogP contribution in [0.2, 0.25) is 0 Å². The minimum Gasteiger partial charge on any atom is -0.373 e. The van der Waals surface area contributed by atoms with Crippen LogP contribution in [0.25, 0.3) is 10.9 Å². The summed E-state index contributed by atoms with van der Waals surface area (Å²) >= 11 is 1.29. The Labute approximate surface area is 106 Å².